The Kier molecular flexibility index (Phi) is 3.79. The fraction of sp³-hybridized carbons (Fsp3) is 0.667. The molecule has 0 aromatic heterocycles. The van der Waals surface area contributed by atoms with Crippen LogP contribution in [0.15, 0.2) is 12.2 Å². The number of alkyl halides is 6. The minimum Gasteiger partial charge on any atom is -0.272 e. The fourth-order valence-corrected chi connectivity index (χ4v) is 2.81. The number of nitrogens with zero attached hydrogens (tertiary/aromatic N) is 1. The van der Waals surface area contributed by atoms with Crippen LogP contribution < -0.4 is 0 Å². The highest BCUT2D eigenvalue weighted by Crippen LogP contribution is 2.47. The van der Waals surface area contributed by atoms with Gasteiger partial charge in [-0.05, 0) is 19.3 Å². The summed E-state index contributed by atoms with van der Waals surface area (Å²) in [7, 11) is 0. The first-order valence-electron chi connectivity index (χ1n) is 6.19. The number of hydrogen-bond acceptors (Lipinski definition) is 2. The van der Waals surface area contributed by atoms with Gasteiger partial charge in [0.25, 0.3) is 11.8 Å². The van der Waals surface area contributed by atoms with Crippen LogP contribution >= 0.6 is 0 Å². The zero-order valence-electron chi connectivity index (χ0n) is 10.5. The van der Waals surface area contributed by atoms with E-state index >= 15 is 0 Å². The SMILES string of the molecule is O=C1C=CC(=O)N1C1CC(C(F)(F)F)CC(C(F)(F)F)C1. The van der Waals surface area contributed by atoms with Crippen LogP contribution in [0, 0.1) is 11.8 Å². The summed E-state index contributed by atoms with van der Waals surface area (Å²) in [5, 5.41) is 0. The molecule has 0 bridgehead atoms. The molecule has 2 unspecified atom stereocenters. The normalized spacial score (nSPS) is 31.1. The van der Waals surface area contributed by atoms with Gasteiger partial charge >= 0.3 is 12.4 Å². The molecule has 1 heterocycles. The Morgan fingerprint density at radius 3 is 1.52 bits per heavy atom. The molecule has 0 radical (unpaired) electrons. The van der Waals surface area contributed by atoms with Gasteiger partial charge in [0.1, 0.15) is 0 Å². The Balaban J connectivity index is 2.25. The van der Waals surface area contributed by atoms with Crippen LogP contribution in [-0.2, 0) is 9.59 Å². The van der Waals surface area contributed by atoms with Gasteiger partial charge in [0.2, 0.25) is 0 Å². The van der Waals surface area contributed by atoms with Crippen molar-refractivity contribution in [3.05, 3.63) is 12.2 Å². The van der Waals surface area contributed by atoms with E-state index in [1.807, 2.05) is 0 Å². The minimum atomic E-state index is -4.79. The summed E-state index contributed by atoms with van der Waals surface area (Å²) in [5.74, 6) is -6.09. The molecular formula is C12H11F6NO2. The first-order chi connectivity index (χ1) is 9.50. The molecule has 1 aliphatic carbocycles. The van der Waals surface area contributed by atoms with Crippen molar-refractivity contribution in [2.75, 3.05) is 0 Å². The Morgan fingerprint density at radius 1 is 0.810 bits per heavy atom. The second kappa shape index (κ2) is 5.03. The summed E-state index contributed by atoms with van der Waals surface area (Å²) in [6, 6.07) is -1.38. The van der Waals surface area contributed by atoms with Gasteiger partial charge in [-0.25, -0.2) is 0 Å². The first-order valence-corrected chi connectivity index (χ1v) is 6.19. The van der Waals surface area contributed by atoms with E-state index in [9.17, 15) is 35.9 Å². The molecule has 0 aromatic carbocycles. The van der Waals surface area contributed by atoms with Crippen LogP contribution in [0.4, 0.5) is 26.3 Å². The maximum atomic E-state index is 12.8. The zero-order chi connectivity index (χ0) is 16.0. The summed E-state index contributed by atoms with van der Waals surface area (Å²) < 4.78 is 76.7. The van der Waals surface area contributed by atoms with Crippen LogP contribution in [0.1, 0.15) is 19.3 Å². The Bertz CT molecular complexity index is 441. The number of rotatable bonds is 1. The predicted molar refractivity (Wildman–Crippen MR) is 57.7 cm³/mol. The molecule has 118 valence electrons. The van der Waals surface area contributed by atoms with Crippen molar-refractivity contribution < 1.29 is 35.9 Å². The summed E-state index contributed by atoms with van der Waals surface area (Å²) in [5.41, 5.74) is 0. The third-order valence-electron chi connectivity index (χ3n) is 3.82. The molecule has 9 heteroatoms. The molecule has 2 amide bonds. The van der Waals surface area contributed by atoms with Crippen LogP contribution in [0.2, 0.25) is 0 Å². The number of imide groups is 1. The Morgan fingerprint density at radius 2 is 1.19 bits per heavy atom. The molecule has 0 saturated heterocycles. The van der Waals surface area contributed by atoms with Crippen LogP contribution in [0.5, 0.6) is 0 Å². The maximum absolute atomic E-state index is 12.8. The molecular weight excluding hydrogens is 304 g/mol. The molecule has 2 aliphatic rings. The van der Waals surface area contributed by atoms with Gasteiger partial charge in [-0.2, -0.15) is 26.3 Å². The molecule has 2 rings (SSSR count). The highest BCUT2D eigenvalue weighted by atomic mass is 19.4. The lowest BCUT2D eigenvalue weighted by molar-refractivity contribution is -0.229. The Hall–Kier alpha value is -1.54. The molecule has 2 atom stereocenters. The molecule has 0 N–H and O–H groups in total. The smallest absolute Gasteiger partial charge is 0.272 e. The lowest BCUT2D eigenvalue weighted by Crippen LogP contribution is -2.49. The standard InChI is InChI=1S/C12H11F6NO2/c13-11(14,15)6-3-7(12(16,17)18)5-8(4-6)19-9(20)1-2-10(19)21/h1-2,6-8H,3-5H2. The van der Waals surface area contributed by atoms with E-state index in [1.165, 1.54) is 0 Å². The molecule has 1 fully saturated rings. The van der Waals surface area contributed by atoms with Crippen molar-refractivity contribution >= 4 is 11.8 Å². The second-order valence-electron chi connectivity index (χ2n) is 5.22. The summed E-state index contributed by atoms with van der Waals surface area (Å²) >= 11 is 0. The maximum Gasteiger partial charge on any atom is 0.391 e. The highest BCUT2D eigenvalue weighted by Gasteiger charge is 2.53. The van der Waals surface area contributed by atoms with E-state index in [0.717, 1.165) is 12.2 Å². The molecule has 3 nitrogen and oxygen atoms in total. The van der Waals surface area contributed by atoms with Gasteiger partial charge in [0.15, 0.2) is 0 Å². The lowest BCUT2D eigenvalue weighted by Gasteiger charge is -2.39. The van der Waals surface area contributed by atoms with Gasteiger partial charge < -0.3 is 0 Å². The van der Waals surface area contributed by atoms with Gasteiger partial charge in [0, 0.05) is 18.2 Å². The average Bonchev–Trinajstić information content (AvgIpc) is 2.66. The first kappa shape index (κ1) is 15.8. The number of halogens is 6. The Labute approximate surface area is 115 Å². The van der Waals surface area contributed by atoms with E-state index in [2.05, 4.69) is 0 Å². The van der Waals surface area contributed by atoms with Crippen LogP contribution in [0.3, 0.4) is 0 Å². The second-order valence-corrected chi connectivity index (χ2v) is 5.22. The number of amides is 2. The van der Waals surface area contributed by atoms with Crippen molar-refractivity contribution in [2.24, 2.45) is 11.8 Å². The fourth-order valence-electron chi connectivity index (χ4n) is 2.81. The predicted octanol–water partition coefficient (Wildman–Crippen LogP) is 2.82. The van der Waals surface area contributed by atoms with Gasteiger partial charge in [0.05, 0.1) is 11.8 Å². The third-order valence-corrected chi connectivity index (χ3v) is 3.82. The average molecular weight is 315 g/mol. The summed E-state index contributed by atoms with van der Waals surface area (Å²) in [6.07, 6.45) is -10.3. The van der Waals surface area contributed by atoms with Crippen molar-refractivity contribution in [3.8, 4) is 0 Å². The summed E-state index contributed by atoms with van der Waals surface area (Å²) in [6.45, 7) is 0. The van der Waals surface area contributed by atoms with E-state index < -0.39 is 61.3 Å². The van der Waals surface area contributed by atoms with E-state index in [0.29, 0.717) is 4.90 Å². The molecule has 21 heavy (non-hydrogen) atoms. The number of carbonyl (C=O) groups is 2. The number of hydrogen-bond donors (Lipinski definition) is 0. The molecule has 0 aromatic rings. The van der Waals surface area contributed by atoms with Crippen LogP contribution in [-0.4, -0.2) is 35.1 Å². The number of carbonyl (C=O) groups excluding carboxylic acids is 2. The quantitative estimate of drug-likeness (QED) is 0.551. The van der Waals surface area contributed by atoms with E-state index in [4.69, 9.17) is 0 Å². The largest absolute Gasteiger partial charge is 0.391 e. The molecule has 1 saturated carbocycles. The highest BCUT2D eigenvalue weighted by molar-refractivity contribution is 6.13. The van der Waals surface area contributed by atoms with Crippen molar-refractivity contribution in [1.29, 1.82) is 0 Å². The monoisotopic (exact) mass is 315 g/mol. The van der Waals surface area contributed by atoms with Gasteiger partial charge in [-0.15, -0.1) is 0 Å². The van der Waals surface area contributed by atoms with E-state index in [1.54, 1.807) is 0 Å². The minimum absolute atomic E-state index is 0.497. The van der Waals surface area contributed by atoms with E-state index in [-0.39, 0.29) is 0 Å². The van der Waals surface area contributed by atoms with Crippen molar-refractivity contribution in [2.45, 2.75) is 37.7 Å². The third kappa shape index (κ3) is 3.21. The van der Waals surface area contributed by atoms with Crippen molar-refractivity contribution in [1.82, 2.24) is 4.90 Å². The van der Waals surface area contributed by atoms with Crippen LogP contribution in [0.25, 0.3) is 0 Å². The summed E-state index contributed by atoms with van der Waals surface area (Å²) in [4.78, 5) is 23.4. The molecule has 0 spiro atoms. The van der Waals surface area contributed by atoms with Gasteiger partial charge in [-0.1, -0.05) is 0 Å². The zero-order valence-corrected chi connectivity index (χ0v) is 10.5. The lowest BCUT2D eigenvalue weighted by atomic mass is 9.77. The van der Waals surface area contributed by atoms with Crippen molar-refractivity contribution in [3.63, 3.8) is 0 Å². The topological polar surface area (TPSA) is 37.4 Å². The van der Waals surface area contributed by atoms with Gasteiger partial charge in [-0.3, -0.25) is 14.5 Å². The molecule has 1 aliphatic heterocycles.